The third-order valence-corrected chi connectivity index (χ3v) is 4.11. The van der Waals surface area contributed by atoms with Gasteiger partial charge in [0.25, 0.3) is 0 Å². The Hall–Kier alpha value is -2.63. The van der Waals surface area contributed by atoms with Crippen LogP contribution in [0.15, 0.2) is 46.9 Å². The molecule has 1 aromatic rings. The van der Waals surface area contributed by atoms with Crippen molar-refractivity contribution < 1.29 is 9.66 Å². The normalized spacial score (nSPS) is 19.5. The summed E-state index contributed by atoms with van der Waals surface area (Å²) < 4.78 is 5.13. The highest BCUT2D eigenvalue weighted by Crippen LogP contribution is 2.30. The summed E-state index contributed by atoms with van der Waals surface area (Å²) in [5, 5.41) is 11.5. The van der Waals surface area contributed by atoms with Gasteiger partial charge in [-0.15, -0.1) is 0 Å². The summed E-state index contributed by atoms with van der Waals surface area (Å²) in [5.41, 5.74) is 1.81. The average molecular weight is 313 g/mol. The minimum absolute atomic E-state index is 0.0701. The Morgan fingerprint density at radius 3 is 2.52 bits per heavy atom. The van der Waals surface area contributed by atoms with Crippen LogP contribution in [-0.4, -0.2) is 36.2 Å². The molecule has 120 valence electrons. The molecule has 0 saturated carbocycles. The summed E-state index contributed by atoms with van der Waals surface area (Å²) in [6.07, 6.45) is 6.87. The van der Waals surface area contributed by atoms with Gasteiger partial charge in [-0.3, -0.25) is 10.1 Å². The first-order valence-electron chi connectivity index (χ1n) is 7.72. The fraction of sp³-hybridized carbons (Fsp3) is 0.353. The molecule has 2 aliphatic heterocycles. The molecule has 2 aliphatic rings. The molecular formula is C17H19N3O3. The van der Waals surface area contributed by atoms with Gasteiger partial charge in [0.05, 0.1) is 17.6 Å². The third-order valence-electron chi connectivity index (χ3n) is 4.11. The molecule has 1 aromatic carbocycles. The van der Waals surface area contributed by atoms with Crippen molar-refractivity contribution in [2.45, 2.75) is 19.3 Å². The third kappa shape index (κ3) is 3.26. The van der Waals surface area contributed by atoms with Gasteiger partial charge in [-0.1, -0.05) is 12.1 Å². The molecule has 0 spiro atoms. The lowest BCUT2D eigenvalue weighted by atomic mass is 10.1. The molecule has 0 N–H and O–H groups in total. The van der Waals surface area contributed by atoms with Crippen LogP contribution in [0.1, 0.15) is 24.8 Å². The quantitative estimate of drug-likeness (QED) is 0.633. The van der Waals surface area contributed by atoms with Crippen LogP contribution in [0.3, 0.4) is 0 Å². The SMILES string of the molecule is COc1ccc(C2=C([N+](=O)[O-])/C(=C/N3CCCCC3)N=C2)cc1. The fourth-order valence-electron chi connectivity index (χ4n) is 2.88. The van der Waals surface area contributed by atoms with E-state index in [1.54, 1.807) is 25.5 Å². The summed E-state index contributed by atoms with van der Waals surface area (Å²) in [7, 11) is 1.59. The van der Waals surface area contributed by atoms with Gasteiger partial charge < -0.3 is 9.64 Å². The second-order valence-electron chi connectivity index (χ2n) is 5.62. The highest BCUT2D eigenvalue weighted by Gasteiger charge is 2.29. The standard InChI is InChI=1S/C17H19N3O3/c1-23-14-7-5-13(6-8-14)15-11-18-16(17(15)20(21)22)12-19-9-3-2-4-10-19/h5-8,11-12H,2-4,9-10H2,1H3/b16-12-. The topological polar surface area (TPSA) is 68.0 Å². The van der Waals surface area contributed by atoms with Crippen LogP contribution in [0.25, 0.3) is 5.57 Å². The minimum atomic E-state index is -0.345. The van der Waals surface area contributed by atoms with Crippen molar-refractivity contribution in [1.29, 1.82) is 0 Å². The van der Waals surface area contributed by atoms with Crippen LogP contribution in [-0.2, 0) is 0 Å². The highest BCUT2D eigenvalue weighted by molar-refractivity contribution is 6.14. The Morgan fingerprint density at radius 2 is 1.91 bits per heavy atom. The molecule has 6 nitrogen and oxygen atoms in total. The molecule has 6 heteroatoms. The summed E-state index contributed by atoms with van der Waals surface area (Å²) >= 11 is 0. The molecular weight excluding hydrogens is 294 g/mol. The molecule has 0 bridgehead atoms. The average Bonchev–Trinajstić information content (AvgIpc) is 2.99. The second-order valence-corrected chi connectivity index (χ2v) is 5.62. The zero-order valence-electron chi connectivity index (χ0n) is 13.1. The zero-order chi connectivity index (χ0) is 16.2. The maximum Gasteiger partial charge on any atom is 0.305 e. The maximum absolute atomic E-state index is 11.5. The lowest BCUT2D eigenvalue weighted by Crippen LogP contribution is -2.25. The van der Waals surface area contributed by atoms with Crippen LogP contribution < -0.4 is 4.74 Å². The predicted octanol–water partition coefficient (Wildman–Crippen LogP) is 3.09. The van der Waals surface area contributed by atoms with Gasteiger partial charge in [-0.2, -0.15) is 0 Å². The van der Waals surface area contributed by atoms with E-state index in [1.807, 2.05) is 18.3 Å². The Kier molecular flexibility index (Phi) is 4.41. The van der Waals surface area contributed by atoms with Crippen molar-refractivity contribution in [2.75, 3.05) is 20.2 Å². The molecule has 0 unspecified atom stereocenters. The van der Waals surface area contributed by atoms with Crippen molar-refractivity contribution in [2.24, 2.45) is 4.99 Å². The monoisotopic (exact) mass is 313 g/mol. The van der Waals surface area contributed by atoms with Crippen LogP contribution >= 0.6 is 0 Å². The van der Waals surface area contributed by atoms with E-state index in [0.717, 1.165) is 37.2 Å². The highest BCUT2D eigenvalue weighted by atomic mass is 16.6. The van der Waals surface area contributed by atoms with Crippen molar-refractivity contribution >= 4 is 11.8 Å². The van der Waals surface area contributed by atoms with E-state index >= 15 is 0 Å². The van der Waals surface area contributed by atoms with Gasteiger partial charge in [0.15, 0.2) is 5.70 Å². The van der Waals surface area contributed by atoms with Crippen molar-refractivity contribution in [3.8, 4) is 5.75 Å². The molecule has 0 radical (unpaired) electrons. The number of ether oxygens (including phenoxy) is 1. The fourth-order valence-corrected chi connectivity index (χ4v) is 2.88. The first-order valence-corrected chi connectivity index (χ1v) is 7.72. The Morgan fingerprint density at radius 1 is 1.22 bits per heavy atom. The molecule has 2 heterocycles. The van der Waals surface area contributed by atoms with Gasteiger partial charge in [0, 0.05) is 25.5 Å². The summed E-state index contributed by atoms with van der Waals surface area (Å²) in [4.78, 5) is 17.6. The van der Waals surface area contributed by atoms with Crippen LogP contribution in [0.2, 0.25) is 0 Å². The number of aliphatic imine (C=N–C) groups is 1. The number of nitrogens with zero attached hydrogens (tertiary/aromatic N) is 3. The molecule has 23 heavy (non-hydrogen) atoms. The van der Waals surface area contributed by atoms with Crippen molar-refractivity contribution in [3.05, 3.63) is 57.5 Å². The van der Waals surface area contributed by atoms with Gasteiger partial charge in [-0.25, -0.2) is 4.99 Å². The largest absolute Gasteiger partial charge is 0.497 e. The van der Waals surface area contributed by atoms with E-state index in [1.165, 1.54) is 6.42 Å². The summed E-state index contributed by atoms with van der Waals surface area (Å²) in [5.74, 6) is 0.719. The Bertz CT molecular complexity index is 684. The first-order chi connectivity index (χ1) is 11.2. The van der Waals surface area contributed by atoms with Gasteiger partial charge in [0.1, 0.15) is 5.75 Å². The van der Waals surface area contributed by atoms with E-state index < -0.39 is 0 Å². The molecule has 1 saturated heterocycles. The number of allylic oxidation sites excluding steroid dienone is 1. The molecule has 0 aromatic heterocycles. The van der Waals surface area contributed by atoms with Gasteiger partial charge >= 0.3 is 5.70 Å². The first kappa shape index (κ1) is 15.3. The number of piperidine rings is 1. The van der Waals surface area contributed by atoms with Gasteiger partial charge in [0.2, 0.25) is 0 Å². The molecule has 0 aliphatic carbocycles. The van der Waals surface area contributed by atoms with Crippen LogP contribution in [0, 0.1) is 10.1 Å². The van der Waals surface area contributed by atoms with E-state index in [9.17, 15) is 10.1 Å². The minimum Gasteiger partial charge on any atom is -0.497 e. The number of rotatable bonds is 4. The lowest BCUT2D eigenvalue weighted by Gasteiger charge is -2.24. The number of hydrogen-bond donors (Lipinski definition) is 0. The summed E-state index contributed by atoms with van der Waals surface area (Å²) in [6.45, 7) is 1.86. The van der Waals surface area contributed by atoms with E-state index in [0.29, 0.717) is 11.3 Å². The number of likely N-dealkylation sites (tertiary alicyclic amines) is 1. The van der Waals surface area contributed by atoms with Crippen molar-refractivity contribution in [3.63, 3.8) is 0 Å². The molecule has 0 amide bonds. The zero-order valence-corrected chi connectivity index (χ0v) is 13.1. The molecule has 0 atom stereocenters. The van der Waals surface area contributed by atoms with E-state index in [-0.39, 0.29) is 10.6 Å². The number of hydrogen-bond acceptors (Lipinski definition) is 5. The van der Waals surface area contributed by atoms with Crippen LogP contribution in [0.5, 0.6) is 5.75 Å². The Balaban J connectivity index is 1.94. The van der Waals surface area contributed by atoms with Crippen molar-refractivity contribution in [1.82, 2.24) is 4.90 Å². The van der Waals surface area contributed by atoms with E-state index in [2.05, 4.69) is 9.89 Å². The lowest BCUT2D eigenvalue weighted by molar-refractivity contribution is -0.419. The summed E-state index contributed by atoms with van der Waals surface area (Å²) in [6, 6.07) is 7.21. The van der Waals surface area contributed by atoms with Gasteiger partial charge in [-0.05, 0) is 37.0 Å². The molecule has 1 fully saturated rings. The maximum atomic E-state index is 11.5. The number of methoxy groups -OCH3 is 1. The second kappa shape index (κ2) is 6.64. The van der Waals surface area contributed by atoms with E-state index in [4.69, 9.17) is 4.74 Å². The number of nitro groups is 1. The number of benzene rings is 1. The Labute approximate surface area is 134 Å². The smallest absolute Gasteiger partial charge is 0.305 e. The van der Waals surface area contributed by atoms with Crippen LogP contribution in [0.4, 0.5) is 0 Å². The predicted molar refractivity (Wildman–Crippen MR) is 88.9 cm³/mol. The molecule has 3 rings (SSSR count).